The molecule has 0 saturated heterocycles. The van der Waals surface area contributed by atoms with E-state index in [4.69, 9.17) is 0 Å². The Bertz CT molecular complexity index is 907. The van der Waals surface area contributed by atoms with Crippen molar-refractivity contribution in [3.8, 4) is 0 Å². The van der Waals surface area contributed by atoms with Gasteiger partial charge in [-0.05, 0) is 42.5 Å². The average Bonchev–Trinajstić information content (AvgIpc) is 2.60. The van der Waals surface area contributed by atoms with E-state index in [1.54, 1.807) is 12.1 Å². The molecule has 0 unspecified atom stereocenters. The van der Waals surface area contributed by atoms with Gasteiger partial charge < -0.3 is 0 Å². The van der Waals surface area contributed by atoms with Crippen LogP contribution >= 0.6 is 15.9 Å². The maximum absolute atomic E-state index is 13.3. The van der Waals surface area contributed by atoms with Gasteiger partial charge in [0.05, 0.1) is 0 Å². The van der Waals surface area contributed by atoms with E-state index in [1.165, 1.54) is 42.5 Å². The zero-order valence-corrected chi connectivity index (χ0v) is 14.4. The molecule has 5 heteroatoms. The summed E-state index contributed by atoms with van der Waals surface area (Å²) in [7, 11) is 0. The number of halogens is 3. The summed E-state index contributed by atoms with van der Waals surface area (Å²) >= 11 is 3.27. The summed E-state index contributed by atoms with van der Waals surface area (Å²) in [4.78, 5) is 25.1. The van der Waals surface area contributed by atoms with E-state index in [9.17, 15) is 18.4 Å². The SMILES string of the molecule is O=C(c1cccc(F)c1)c1cc(Br)cc(C(=O)c2cccc(F)c2)c1. The molecule has 0 spiro atoms. The summed E-state index contributed by atoms with van der Waals surface area (Å²) in [6, 6.07) is 15.2. The van der Waals surface area contributed by atoms with Crippen LogP contribution in [0.4, 0.5) is 8.78 Å². The van der Waals surface area contributed by atoms with Gasteiger partial charge in [-0.1, -0.05) is 40.2 Å². The zero-order valence-electron chi connectivity index (χ0n) is 12.8. The lowest BCUT2D eigenvalue weighted by molar-refractivity contribution is 0.103. The standard InChI is InChI=1S/C20H11BrF2O2/c21-16-8-14(19(24)12-3-1-5-17(22)10-12)7-15(9-16)20(25)13-4-2-6-18(23)11-13/h1-11H. The summed E-state index contributed by atoms with van der Waals surface area (Å²) in [6.45, 7) is 0. The molecule has 3 aromatic rings. The van der Waals surface area contributed by atoms with Crippen LogP contribution < -0.4 is 0 Å². The second kappa shape index (κ2) is 7.07. The lowest BCUT2D eigenvalue weighted by Gasteiger charge is -2.07. The van der Waals surface area contributed by atoms with Crippen LogP contribution in [0.25, 0.3) is 0 Å². The zero-order chi connectivity index (χ0) is 18.0. The van der Waals surface area contributed by atoms with Crippen molar-refractivity contribution in [3.63, 3.8) is 0 Å². The molecule has 25 heavy (non-hydrogen) atoms. The van der Waals surface area contributed by atoms with Gasteiger partial charge in [0.1, 0.15) is 11.6 Å². The van der Waals surface area contributed by atoms with E-state index in [-0.39, 0.29) is 22.3 Å². The minimum atomic E-state index is -0.517. The molecule has 3 aromatic carbocycles. The number of hydrogen-bond acceptors (Lipinski definition) is 2. The van der Waals surface area contributed by atoms with Crippen molar-refractivity contribution in [2.45, 2.75) is 0 Å². The first kappa shape index (κ1) is 17.2. The topological polar surface area (TPSA) is 34.1 Å². The highest BCUT2D eigenvalue weighted by atomic mass is 79.9. The van der Waals surface area contributed by atoms with Crippen molar-refractivity contribution >= 4 is 27.5 Å². The molecule has 0 aliphatic rings. The number of hydrogen-bond donors (Lipinski definition) is 0. The van der Waals surface area contributed by atoms with Crippen LogP contribution in [0.2, 0.25) is 0 Å². The molecule has 0 aliphatic heterocycles. The normalized spacial score (nSPS) is 10.5. The number of benzene rings is 3. The second-order valence-corrected chi connectivity index (χ2v) is 6.32. The Morgan fingerprint density at radius 1 is 0.640 bits per heavy atom. The Labute approximate surface area is 151 Å². The monoisotopic (exact) mass is 400 g/mol. The van der Waals surface area contributed by atoms with Crippen molar-refractivity contribution < 1.29 is 18.4 Å². The first-order valence-corrected chi connectivity index (χ1v) is 8.14. The fourth-order valence-corrected chi connectivity index (χ4v) is 2.94. The average molecular weight is 401 g/mol. The molecular weight excluding hydrogens is 390 g/mol. The van der Waals surface area contributed by atoms with Gasteiger partial charge in [-0.2, -0.15) is 0 Å². The Hall–Kier alpha value is -2.66. The molecule has 0 saturated carbocycles. The summed E-state index contributed by atoms with van der Waals surface area (Å²) in [5, 5.41) is 0. The molecule has 0 aliphatic carbocycles. The van der Waals surface area contributed by atoms with Gasteiger partial charge in [-0.3, -0.25) is 9.59 Å². The fourth-order valence-electron chi connectivity index (χ4n) is 2.44. The third-order valence-electron chi connectivity index (χ3n) is 3.60. The molecular formula is C20H11BrF2O2. The molecule has 0 radical (unpaired) electrons. The van der Waals surface area contributed by atoms with E-state index in [2.05, 4.69) is 15.9 Å². The van der Waals surface area contributed by atoms with Crippen LogP contribution in [0.1, 0.15) is 31.8 Å². The second-order valence-electron chi connectivity index (χ2n) is 5.41. The van der Waals surface area contributed by atoms with E-state index < -0.39 is 23.2 Å². The lowest BCUT2D eigenvalue weighted by atomic mass is 9.97. The van der Waals surface area contributed by atoms with Crippen LogP contribution in [0.15, 0.2) is 71.2 Å². The van der Waals surface area contributed by atoms with Gasteiger partial charge in [0.2, 0.25) is 0 Å². The van der Waals surface area contributed by atoms with E-state index in [0.717, 1.165) is 12.1 Å². The van der Waals surface area contributed by atoms with Crippen LogP contribution in [0.5, 0.6) is 0 Å². The van der Waals surface area contributed by atoms with Crippen molar-refractivity contribution in [3.05, 3.63) is 105 Å². The van der Waals surface area contributed by atoms with Crippen molar-refractivity contribution in [2.75, 3.05) is 0 Å². The summed E-state index contributed by atoms with van der Waals surface area (Å²) < 4.78 is 27.2. The molecule has 0 N–H and O–H groups in total. The smallest absolute Gasteiger partial charge is 0.193 e. The third-order valence-corrected chi connectivity index (χ3v) is 4.05. The van der Waals surface area contributed by atoms with E-state index in [1.807, 2.05) is 0 Å². The van der Waals surface area contributed by atoms with Crippen LogP contribution in [-0.4, -0.2) is 11.6 Å². The molecule has 124 valence electrons. The number of rotatable bonds is 4. The van der Waals surface area contributed by atoms with Gasteiger partial charge in [0.25, 0.3) is 0 Å². The first-order valence-electron chi connectivity index (χ1n) is 7.35. The number of carbonyl (C=O) groups excluding carboxylic acids is 2. The van der Waals surface area contributed by atoms with Gasteiger partial charge in [-0.25, -0.2) is 8.78 Å². The Morgan fingerprint density at radius 3 is 1.48 bits per heavy atom. The van der Waals surface area contributed by atoms with Crippen LogP contribution in [-0.2, 0) is 0 Å². The van der Waals surface area contributed by atoms with Crippen molar-refractivity contribution in [2.24, 2.45) is 0 Å². The predicted molar refractivity (Wildman–Crippen MR) is 93.8 cm³/mol. The van der Waals surface area contributed by atoms with Crippen LogP contribution in [0, 0.1) is 11.6 Å². The van der Waals surface area contributed by atoms with Gasteiger partial charge in [0.15, 0.2) is 11.6 Å². The Balaban J connectivity index is 2.01. The molecule has 0 atom stereocenters. The highest BCUT2D eigenvalue weighted by Crippen LogP contribution is 2.21. The minimum absolute atomic E-state index is 0.183. The largest absolute Gasteiger partial charge is 0.289 e. The number of carbonyl (C=O) groups is 2. The minimum Gasteiger partial charge on any atom is -0.289 e. The molecule has 0 amide bonds. The molecule has 2 nitrogen and oxygen atoms in total. The van der Waals surface area contributed by atoms with Crippen molar-refractivity contribution in [1.82, 2.24) is 0 Å². The van der Waals surface area contributed by atoms with Gasteiger partial charge in [0, 0.05) is 26.7 Å². The highest BCUT2D eigenvalue weighted by Gasteiger charge is 2.16. The Kier molecular flexibility index (Phi) is 4.86. The number of ketones is 2. The fraction of sp³-hybridized carbons (Fsp3) is 0. The predicted octanol–water partition coefficient (Wildman–Crippen LogP) is 5.19. The van der Waals surface area contributed by atoms with Crippen molar-refractivity contribution in [1.29, 1.82) is 0 Å². The van der Waals surface area contributed by atoms with Crippen LogP contribution in [0.3, 0.4) is 0 Å². The molecule has 0 aromatic heterocycles. The maximum atomic E-state index is 13.3. The molecule has 0 heterocycles. The molecule has 0 fully saturated rings. The molecule has 3 rings (SSSR count). The van der Waals surface area contributed by atoms with E-state index >= 15 is 0 Å². The molecule has 0 bridgehead atoms. The lowest BCUT2D eigenvalue weighted by Crippen LogP contribution is -2.07. The highest BCUT2D eigenvalue weighted by molar-refractivity contribution is 9.10. The quantitative estimate of drug-likeness (QED) is 0.564. The maximum Gasteiger partial charge on any atom is 0.193 e. The van der Waals surface area contributed by atoms with Gasteiger partial charge in [-0.15, -0.1) is 0 Å². The van der Waals surface area contributed by atoms with Gasteiger partial charge >= 0.3 is 0 Å². The summed E-state index contributed by atoms with van der Waals surface area (Å²) in [6.07, 6.45) is 0. The van der Waals surface area contributed by atoms with E-state index in [0.29, 0.717) is 4.47 Å². The summed E-state index contributed by atoms with van der Waals surface area (Å²) in [5.41, 5.74) is 0.837. The Morgan fingerprint density at radius 2 is 1.08 bits per heavy atom. The third kappa shape index (κ3) is 3.88. The summed E-state index contributed by atoms with van der Waals surface area (Å²) in [5.74, 6) is -1.85. The first-order chi connectivity index (χ1) is 11.9.